The van der Waals surface area contributed by atoms with Crippen LogP contribution in [0.4, 0.5) is 11.4 Å². The average Bonchev–Trinajstić information content (AvgIpc) is 3.06. The van der Waals surface area contributed by atoms with Crippen molar-refractivity contribution in [2.45, 2.75) is 27.7 Å². The molecule has 1 heterocycles. The highest BCUT2D eigenvalue weighted by Gasteiger charge is 2.39. The van der Waals surface area contributed by atoms with Crippen molar-refractivity contribution < 1.29 is 23.9 Å². The molecule has 1 aliphatic rings. The van der Waals surface area contributed by atoms with Crippen LogP contribution in [-0.4, -0.2) is 24.4 Å². The fraction of sp³-hybridized carbons (Fsp3) is 0.179. The summed E-state index contributed by atoms with van der Waals surface area (Å²) in [5, 5.41) is 2.68. The molecule has 1 aliphatic heterocycles. The molecule has 0 unspecified atom stereocenters. The van der Waals surface area contributed by atoms with E-state index in [4.69, 9.17) is 21.1 Å². The van der Waals surface area contributed by atoms with E-state index in [-0.39, 0.29) is 10.7 Å². The number of carbonyl (C=O) groups is 3. The van der Waals surface area contributed by atoms with Gasteiger partial charge in [0.05, 0.1) is 17.9 Å². The van der Waals surface area contributed by atoms with E-state index in [1.54, 1.807) is 48.5 Å². The van der Waals surface area contributed by atoms with Crippen LogP contribution in [0.3, 0.4) is 0 Å². The van der Waals surface area contributed by atoms with Gasteiger partial charge in [-0.05, 0) is 99.0 Å². The van der Waals surface area contributed by atoms with E-state index in [0.29, 0.717) is 35.0 Å². The van der Waals surface area contributed by atoms with E-state index in [0.717, 1.165) is 21.6 Å². The highest BCUT2D eigenvalue weighted by atomic mass is 35.5. The number of carbonyl (C=O) groups excluding carboxylic acids is 3. The van der Waals surface area contributed by atoms with Gasteiger partial charge in [-0.3, -0.25) is 9.59 Å². The number of esters is 1. The molecule has 36 heavy (non-hydrogen) atoms. The second-order valence-corrected chi connectivity index (χ2v) is 8.74. The monoisotopic (exact) mass is 504 g/mol. The second kappa shape index (κ2) is 10.3. The molecule has 184 valence electrons. The third kappa shape index (κ3) is 4.97. The predicted octanol–water partition coefficient (Wildman–Crippen LogP) is 5.67. The number of amides is 2. The molecule has 0 fully saturated rings. The van der Waals surface area contributed by atoms with E-state index in [1.165, 1.54) is 0 Å². The molecule has 8 heteroatoms. The van der Waals surface area contributed by atoms with Crippen molar-refractivity contribution in [1.29, 1.82) is 0 Å². The van der Waals surface area contributed by atoms with Gasteiger partial charge in [0, 0.05) is 5.69 Å². The summed E-state index contributed by atoms with van der Waals surface area (Å²) in [6.45, 7) is 8.18. The Morgan fingerprint density at radius 3 is 2.25 bits per heavy atom. The van der Waals surface area contributed by atoms with Crippen molar-refractivity contribution >= 4 is 40.8 Å². The molecule has 0 aromatic heterocycles. The van der Waals surface area contributed by atoms with E-state index in [1.807, 2.05) is 39.8 Å². The number of hydrogen-bond acceptors (Lipinski definition) is 6. The minimum absolute atomic E-state index is 0.0447. The summed E-state index contributed by atoms with van der Waals surface area (Å²) in [4.78, 5) is 39.4. The number of anilines is 2. The lowest BCUT2D eigenvalue weighted by atomic mass is 10.1. The summed E-state index contributed by atoms with van der Waals surface area (Å²) in [7, 11) is 0. The fourth-order valence-electron chi connectivity index (χ4n) is 3.80. The van der Waals surface area contributed by atoms with E-state index < -0.39 is 17.8 Å². The highest BCUT2D eigenvalue weighted by molar-refractivity contribution is 6.53. The Balaban J connectivity index is 1.47. The first-order valence-electron chi connectivity index (χ1n) is 11.4. The number of ether oxygens (including phenoxy) is 2. The molecular formula is C28H25ClN2O5. The number of imide groups is 1. The standard InChI is InChI=1S/C28H25ClN2O5/c1-5-35-22-12-10-21(11-13-22)31-26(32)24(29)25(27(31)33)30-20-8-6-19(7-9-20)28(34)36-23-15-16(2)14-17(3)18(23)4/h6-15,30H,5H2,1-4H3. The number of hydrogen-bond donors (Lipinski definition) is 1. The van der Waals surface area contributed by atoms with E-state index in [2.05, 4.69) is 5.32 Å². The third-order valence-electron chi connectivity index (χ3n) is 5.79. The SMILES string of the molecule is CCOc1ccc(N2C(=O)C(Cl)=C(Nc3ccc(C(=O)Oc4cc(C)cc(C)c4C)cc3)C2=O)cc1. The van der Waals surface area contributed by atoms with Gasteiger partial charge < -0.3 is 14.8 Å². The molecule has 0 atom stereocenters. The first-order chi connectivity index (χ1) is 17.2. The summed E-state index contributed by atoms with van der Waals surface area (Å²) >= 11 is 6.22. The number of nitrogens with zero attached hydrogens (tertiary/aromatic N) is 1. The van der Waals surface area contributed by atoms with Crippen molar-refractivity contribution in [1.82, 2.24) is 0 Å². The molecule has 2 amide bonds. The third-order valence-corrected chi connectivity index (χ3v) is 6.14. The highest BCUT2D eigenvalue weighted by Crippen LogP contribution is 2.31. The van der Waals surface area contributed by atoms with Crippen LogP contribution in [0.2, 0.25) is 0 Å². The van der Waals surface area contributed by atoms with Crippen LogP contribution in [0.1, 0.15) is 34.0 Å². The van der Waals surface area contributed by atoms with Gasteiger partial charge in [-0.15, -0.1) is 0 Å². The Morgan fingerprint density at radius 2 is 1.61 bits per heavy atom. The van der Waals surface area contributed by atoms with Crippen molar-refractivity contribution in [2.24, 2.45) is 0 Å². The van der Waals surface area contributed by atoms with Crippen LogP contribution >= 0.6 is 11.6 Å². The van der Waals surface area contributed by atoms with Gasteiger partial charge in [-0.1, -0.05) is 17.7 Å². The summed E-state index contributed by atoms with van der Waals surface area (Å²) in [5.74, 6) is -0.564. The van der Waals surface area contributed by atoms with Crippen molar-refractivity contribution in [3.8, 4) is 11.5 Å². The number of halogens is 1. The Labute approximate surface area is 214 Å². The maximum Gasteiger partial charge on any atom is 0.343 e. The van der Waals surface area contributed by atoms with E-state index >= 15 is 0 Å². The maximum absolute atomic E-state index is 13.0. The summed E-state index contributed by atoms with van der Waals surface area (Å²) in [6.07, 6.45) is 0. The number of nitrogens with one attached hydrogen (secondary N) is 1. The van der Waals surface area contributed by atoms with Crippen molar-refractivity contribution in [3.05, 3.63) is 93.6 Å². The van der Waals surface area contributed by atoms with Crippen molar-refractivity contribution in [2.75, 3.05) is 16.8 Å². The molecule has 3 aromatic carbocycles. The molecule has 0 radical (unpaired) electrons. The minimum atomic E-state index is -0.627. The molecule has 1 N–H and O–H groups in total. The molecule has 0 bridgehead atoms. The Morgan fingerprint density at radius 1 is 0.944 bits per heavy atom. The van der Waals surface area contributed by atoms with Crippen LogP contribution in [0.15, 0.2) is 71.4 Å². The first-order valence-corrected chi connectivity index (χ1v) is 11.8. The molecule has 3 aromatic rings. The van der Waals surface area contributed by atoms with Crippen LogP contribution in [0.25, 0.3) is 0 Å². The quantitative estimate of drug-likeness (QED) is 0.254. The van der Waals surface area contributed by atoms with Gasteiger partial charge in [-0.25, -0.2) is 9.69 Å². The van der Waals surface area contributed by atoms with Gasteiger partial charge in [0.1, 0.15) is 22.2 Å². The number of aryl methyl sites for hydroxylation is 2. The second-order valence-electron chi connectivity index (χ2n) is 8.36. The fourth-order valence-corrected chi connectivity index (χ4v) is 4.02. The molecule has 0 saturated heterocycles. The summed E-state index contributed by atoms with van der Waals surface area (Å²) < 4.78 is 11.0. The van der Waals surface area contributed by atoms with Gasteiger partial charge in [-0.2, -0.15) is 0 Å². The topological polar surface area (TPSA) is 84.9 Å². The minimum Gasteiger partial charge on any atom is -0.494 e. The average molecular weight is 505 g/mol. The van der Waals surface area contributed by atoms with Gasteiger partial charge in [0.2, 0.25) is 0 Å². The van der Waals surface area contributed by atoms with Gasteiger partial charge >= 0.3 is 5.97 Å². The Bertz CT molecular complexity index is 1380. The number of rotatable bonds is 7. The summed E-state index contributed by atoms with van der Waals surface area (Å²) in [6, 6.07) is 16.8. The molecule has 0 saturated carbocycles. The van der Waals surface area contributed by atoms with Crippen LogP contribution in [-0.2, 0) is 9.59 Å². The lowest BCUT2D eigenvalue weighted by Gasteiger charge is -2.15. The molecule has 4 rings (SSSR count). The Hall–Kier alpha value is -4.10. The van der Waals surface area contributed by atoms with Crippen LogP contribution in [0.5, 0.6) is 11.5 Å². The van der Waals surface area contributed by atoms with E-state index in [9.17, 15) is 14.4 Å². The zero-order valence-electron chi connectivity index (χ0n) is 20.3. The zero-order valence-corrected chi connectivity index (χ0v) is 21.1. The molecule has 0 aliphatic carbocycles. The molecule has 0 spiro atoms. The summed E-state index contributed by atoms with van der Waals surface area (Å²) in [5.41, 5.74) is 4.09. The van der Waals surface area contributed by atoms with Gasteiger partial charge in [0.25, 0.3) is 11.8 Å². The van der Waals surface area contributed by atoms with Crippen LogP contribution in [0, 0.1) is 20.8 Å². The largest absolute Gasteiger partial charge is 0.494 e. The van der Waals surface area contributed by atoms with Gasteiger partial charge in [0.15, 0.2) is 0 Å². The smallest absolute Gasteiger partial charge is 0.343 e. The Kier molecular flexibility index (Phi) is 7.12. The molecular weight excluding hydrogens is 480 g/mol. The maximum atomic E-state index is 13.0. The lowest BCUT2D eigenvalue weighted by molar-refractivity contribution is -0.120. The zero-order chi connectivity index (χ0) is 26.0. The lowest BCUT2D eigenvalue weighted by Crippen LogP contribution is -2.32. The predicted molar refractivity (Wildman–Crippen MR) is 139 cm³/mol. The normalized spacial score (nSPS) is 13.3. The molecule has 7 nitrogen and oxygen atoms in total. The van der Waals surface area contributed by atoms with Crippen molar-refractivity contribution in [3.63, 3.8) is 0 Å². The number of benzene rings is 3. The first kappa shape index (κ1) is 25.0. The van der Waals surface area contributed by atoms with Crippen LogP contribution < -0.4 is 19.7 Å².